The monoisotopic (exact) mass is 235 g/mol. The first-order chi connectivity index (χ1) is 8.22. The summed E-state index contributed by atoms with van der Waals surface area (Å²) in [6.07, 6.45) is 5.29. The zero-order valence-corrected chi connectivity index (χ0v) is 10.5. The third-order valence-electron chi connectivity index (χ3n) is 3.83. The number of terminal acetylenes is 1. The van der Waals surface area contributed by atoms with Crippen molar-refractivity contribution in [1.82, 2.24) is 15.1 Å². The van der Waals surface area contributed by atoms with Crippen molar-refractivity contribution in [2.45, 2.75) is 6.92 Å². The number of piperazine rings is 1. The molecular weight excluding hydrogens is 214 g/mol. The van der Waals surface area contributed by atoms with E-state index in [0.717, 1.165) is 39.3 Å². The van der Waals surface area contributed by atoms with Crippen molar-refractivity contribution in [3.63, 3.8) is 0 Å². The molecule has 2 unspecified atom stereocenters. The van der Waals surface area contributed by atoms with Crippen molar-refractivity contribution >= 4 is 5.91 Å². The van der Waals surface area contributed by atoms with E-state index >= 15 is 0 Å². The van der Waals surface area contributed by atoms with E-state index in [4.69, 9.17) is 6.42 Å². The Balaban J connectivity index is 1.84. The number of rotatable bonds is 2. The van der Waals surface area contributed by atoms with Gasteiger partial charge < -0.3 is 10.2 Å². The highest BCUT2D eigenvalue weighted by atomic mass is 16.2. The molecule has 0 aromatic carbocycles. The summed E-state index contributed by atoms with van der Waals surface area (Å²) in [6.45, 7) is 8.11. The lowest BCUT2D eigenvalue weighted by atomic mass is 9.96. The van der Waals surface area contributed by atoms with Crippen LogP contribution in [0.1, 0.15) is 6.92 Å². The van der Waals surface area contributed by atoms with Gasteiger partial charge in [0.2, 0.25) is 5.91 Å². The zero-order chi connectivity index (χ0) is 12.3. The minimum Gasteiger partial charge on any atom is -0.340 e. The fraction of sp³-hybridized carbons (Fsp3) is 0.769. The normalized spacial score (nSPS) is 30.2. The molecule has 1 N–H and O–H groups in total. The van der Waals surface area contributed by atoms with Crippen LogP contribution < -0.4 is 5.32 Å². The van der Waals surface area contributed by atoms with E-state index in [0.29, 0.717) is 18.4 Å². The summed E-state index contributed by atoms with van der Waals surface area (Å²) < 4.78 is 0. The standard InChI is InChI=1S/C13H21N3O/c1-3-4-15-5-7-16(8-6-15)13(17)12-10-14-9-11(12)2/h1,11-12,14H,4-10H2,2H3. The molecule has 4 heteroatoms. The molecule has 2 aliphatic rings. The van der Waals surface area contributed by atoms with Gasteiger partial charge in [0, 0.05) is 32.7 Å². The van der Waals surface area contributed by atoms with Gasteiger partial charge in [0.1, 0.15) is 0 Å². The zero-order valence-electron chi connectivity index (χ0n) is 10.5. The van der Waals surface area contributed by atoms with Crippen molar-refractivity contribution in [3.8, 4) is 12.3 Å². The van der Waals surface area contributed by atoms with Crippen LogP contribution in [-0.2, 0) is 4.79 Å². The van der Waals surface area contributed by atoms with Crippen molar-refractivity contribution in [2.75, 3.05) is 45.8 Å². The summed E-state index contributed by atoms with van der Waals surface area (Å²) in [5.41, 5.74) is 0. The summed E-state index contributed by atoms with van der Waals surface area (Å²) in [6, 6.07) is 0. The fourth-order valence-electron chi connectivity index (χ4n) is 2.63. The summed E-state index contributed by atoms with van der Waals surface area (Å²) in [4.78, 5) is 16.5. The molecule has 1 amide bonds. The van der Waals surface area contributed by atoms with Crippen LogP contribution in [0.25, 0.3) is 0 Å². The predicted octanol–water partition coefficient (Wildman–Crippen LogP) is -0.381. The van der Waals surface area contributed by atoms with Gasteiger partial charge >= 0.3 is 0 Å². The molecule has 0 bridgehead atoms. The van der Waals surface area contributed by atoms with Crippen molar-refractivity contribution in [3.05, 3.63) is 0 Å². The number of nitrogens with one attached hydrogen (secondary N) is 1. The molecule has 94 valence electrons. The second-order valence-corrected chi connectivity index (χ2v) is 5.05. The Morgan fingerprint density at radius 2 is 2.06 bits per heavy atom. The molecule has 17 heavy (non-hydrogen) atoms. The van der Waals surface area contributed by atoms with Gasteiger partial charge in [-0.1, -0.05) is 12.8 Å². The maximum Gasteiger partial charge on any atom is 0.227 e. The molecular formula is C13H21N3O. The maximum atomic E-state index is 12.3. The lowest BCUT2D eigenvalue weighted by Crippen LogP contribution is -2.51. The Kier molecular flexibility index (Phi) is 4.03. The van der Waals surface area contributed by atoms with Crippen LogP contribution in [0.15, 0.2) is 0 Å². The average molecular weight is 235 g/mol. The molecule has 2 atom stereocenters. The van der Waals surface area contributed by atoms with E-state index in [9.17, 15) is 4.79 Å². The minimum absolute atomic E-state index is 0.175. The van der Waals surface area contributed by atoms with Crippen LogP contribution in [-0.4, -0.2) is 61.5 Å². The molecule has 0 aromatic rings. The molecule has 2 fully saturated rings. The number of carbonyl (C=O) groups excluding carboxylic acids is 1. The van der Waals surface area contributed by atoms with Crippen LogP contribution in [0.3, 0.4) is 0 Å². The average Bonchev–Trinajstić information content (AvgIpc) is 2.76. The summed E-state index contributed by atoms with van der Waals surface area (Å²) in [5, 5.41) is 3.29. The van der Waals surface area contributed by atoms with Gasteiger partial charge in [-0.15, -0.1) is 6.42 Å². The maximum absolute atomic E-state index is 12.3. The Morgan fingerprint density at radius 1 is 1.35 bits per heavy atom. The van der Waals surface area contributed by atoms with E-state index in [1.807, 2.05) is 4.90 Å². The van der Waals surface area contributed by atoms with Crippen molar-refractivity contribution < 1.29 is 4.79 Å². The number of amides is 1. The quantitative estimate of drug-likeness (QED) is 0.663. The highest BCUT2D eigenvalue weighted by Gasteiger charge is 2.33. The molecule has 2 heterocycles. The van der Waals surface area contributed by atoms with E-state index in [2.05, 4.69) is 23.1 Å². The van der Waals surface area contributed by atoms with Crippen LogP contribution in [0.2, 0.25) is 0 Å². The highest BCUT2D eigenvalue weighted by molar-refractivity contribution is 5.79. The molecule has 0 aromatic heterocycles. The van der Waals surface area contributed by atoms with Crippen molar-refractivity contribution in [2.24, 2.45) is 11.8 Å². The van der Waals surface area contributed by atoms with E-state index in [-0.39, 0.29) is 5.92 Å². The number of nitrogens with zero attached hydrogens (tertiary/aromatic N) is 2. The third kappa shape index (κ3) is 2.80. The van der Waals surface area contributed by atoms with Gasteiger partial charge in [0.15, 0.2) is 0 Å². The van der Waals surface area contributed by atoms with E-state index in [1.165, 1.54) is 0 Å². The molecule has 2 aliphatic heterocycles. The molecule has 0 spiro atoms. The van der Waals surface area contributed by atoms with E-state index in [1.54, 1.807) is 0 Å². The number of carbonyl (C=O) groups is 1. The molecule has 0 saturated carbocycles. The smallest absolute Gasteiger partial charge is 0.227 e. The molecule has 2 rings (SSSR count). The molecule has 0 radical (unpaired) electrons. The predicted molar refractivity (Wildman–Crippen MR) is 67.4 cm³/mol. The van der Waals surface area contributed by atoms with Gasteiger partial charge in [-0.05, 0) is 12.5 Å². The van der Waals surface area contributed by atoms with Gasteiger partial charge in [-0.3, -0.25) is 9.69 Å². The van der Waals surface area contributed by atoms with Gasteiger partial charge in [0.25, 0.3) is 0 Å². The molecule has 2 saturated heterocycles. The fourth-order valence-corrected chi connectivity index (χ4v) is 2.63. The van der Waals surface area contributed by atoms with Gasteiger partial charge in [-0.2, -0.15) is 0 Å². The highest BCUT2D eigenvalue weighted by Crippen LogP contribution is 2.19. The lowest BCUT2D eigenvalue weighted by molar-refractivity contribution is -0.137. The summed E-state index contributed by atoms with van der Waals surface area (Å²) >= 11 is 0. The number of hydrogen-bond acceptors (Lipinski definition) is 3. The second-order valence-electron chi connectivity index (χ2n) is 5.05. The summed E-state index contributed by atoms with van der Waals surface area (Å²) in [7, 11) is 0. The first-order valence-electron chi connectivity index (χ1n) is 6.37. The van der Waals surface area contributed by atoms with E-state index < -0.39 is 0 Å². The van der Waals surface area contributed by atoms with Gasteiger partial charge in [0.05, 0.1) is 12.5 Å². The first-order valence-corrected chi connectivity index (χ1v) is 6.37. The minimum atomic E-state index is 0.175. The summed E-state index contributed by atoms with van der Waals surface area (Å²) in [5.74, 6) is 3.62. The first kappa shape index (κ1) is 12.4. The number of hydrogen-bond donors (Lipinski definition) is 1. The third-order valence-corrected chi connectivity index (χ3v) is 3.83. The largest absolute Gasteiger partial charge is 0.340 e. The Hall–Kier alpha value is -1.05. The van der Waals surface area contributed by atoms with Crippen LogP contribution in [0.5, 0.6) is 0 Å². The van der Waals surface area contributed by atoms with Gasteiger partial charge in [-0.25, -0.2) is 0 Å². The Labute approximate surface area is 103 Å². The Morgan fingerprint density at radius 3 is 2.59 bits per heavy atom. The lowest BCUT2D eigenvalue weighted by Gasteiger charge is -2.35. The van der Waals surface area contributed by atoms with Crippen LogP contribution >= 0.6 is 0 Å². The Bertz CT molecular complexity index is 315. The van der Waals surface area contributed by atoms with Crippen molar-refractivity contribution in [1.29, 1.82) is 0 Å². The topological polar surface area (TPSA) is 35.6 Å². The van der Waals surface area contributed by atoms with Crippen LogP contribution in [0, 0.1) is 24.2 Å². The SMILES string of the molecule is C#CCN1CCN(C(=O)C2CNCC2C)CC1. The molecule has 4 nitrogen and oxygen atoms in total. The molecule has 0 aliphatic carbocycles. The van der Waals surface area contributed by atoms with Crippen LogP contribution in [0.4, 0.5) is 0 Å². The second kappa shape index (κ2) is 5.52.